The molecule has 10 nitrogen and oxygen atoms in total. The molecule has 290 valence electrons. The van der Waals surface area contributed by atoms with Crippen molar-refractivity contribution in [3.8, 4) is 5.75 Å². The Morgan fingerprint density at radius 3 is 2.04 bits per heavy atom. The molecule has 1 aliphatic rings. The van der Waals surface area contributed by atoms with E-state index in [4.69, 9.17) is 16.3 Å². The zero-order chi connectivity index (χ0) is 40.1. The van der Waals surface area contributed by atoms with Gasteiger partial charge in [0.25, 0.3) is 16.8 Å². The first-order valence-corrected chi connectivity index (χ1v) is 19.0. The van der Waals surface area contributed by atoms with Gasteiger partial charge in [-0.2, -0.15) is 0 Å². The molecule has 1 aliphatic heterocycles. The molecule has 3 aromatic rings. The highest BCUT2D eigenvalue weighted by Crippen LogP contribution is 2.39. The summed E-state index contributed by atoms with van der Waals surface area (Å²) in [5.74, 6) is -1.76. The smallest absolute Gasteiger partial charge is 0.329 e. The predicted molar refractivity (Wildman–Crippen MR) is 214 cm³/mol. The lowest BCUT2D eigenvalue weighted by atomic mass is 9.76. The molecule has 11 heteroatoms. The summed E-state index contributed by atoms with van der Waals surface area (Å²) < 4.78 is 6.24. The number of carbonyl (C=O) groups is 5. The lowest BCUT2D eigenvalue weighted by molar-refractivity contribution is -0.139. The van der Waals surface area contributed by atoms with Gasteiger partial charge in [-0.1, -0.05) is 122 Å². The lowest BCUT2D eigenvalue weighted by Gasteiger charge is -2.36. The molecule has 3 aromatic carbocycles. The number of imide groups is 1. The number of hydrogen-bond acceptors (Lipinski definition) is 6. The van der Waals surface area contributed by atoms with Crippen LogP contribution in [0.25, 0.3) is 0 Å². The van der Waals surface area contributed by atoms with Gasteiger partial charge in [0.05, 0.1) is 13.2 Å². The Morgan fingerprint density at radius 1 is 0.796 bits per heavy atom. The molecule has 0 bridgehead atoms. The summed E-state index contributed by atoms with van der Waals surface area (Å²) in [5.41, 5.74) is 2.57. The molecule has 0 aromatic heterocycles. The summed E-state index contributed by atoms with van der Waals surface area (Å²) in [6, 6.07) is 20.9. The van der Waals surface area contributed by atoms with E-state index in [-0.39, 0.29) is 35.4 Å². The molecular weight excluding hydrogens is 704 g/mol. The maximum absolute atomic E-state index is 14.0. The second kappa shape index (κ2) is 16.8. The number of anilines is 2. The van der Waals surface area contributed by atoms with E-state index in [9.17, 15) is 24.0 Å². The highest BCUT2D eigenvalue weighted by molar-refractivity contribution is 6.49. The maximum Gasteiger partial charge on any atom is 0.329 e. The number of ether oxygens (including phenoxy) is 1. The summed E-state index contributed by atoms with van der Waals surface area (Å²) >= 11 is 6.91. The van der Waals surface area contributed by atoms with E-state index in [1.54, 1.807) is 63.2 Å². The van der Waals surface area contributed by atoms with Gasteiger partial charge in [0.15, 0.2) is 5.78 Å². The summed E-state index contributed by atoms with van der Waals surface area (Å²) in [6.07, 6.45) is 2.64. The van der Waals surface area contributed by atoms with Crippen LogP contribution in [-0.4, -0.2) is 57.5 Å². The molecule has 4 rings (SSSR count). The van der Waals surface area contributed by atoms with Crippen molar-refractivity contribution in [2.45, 2.75) is 110 Å². The molecule has 1 fully saturated rings. The van der Waals surface area contributed by atoms with E-state index in [0.29, 0.717) is 24.3 Å². The first kappa shape index (κ1) is 42.0. The number of ketones is 1. The van der Waals surface area contributed by atoms with Crippen molar-refractivity contribution in [1.82, 2.24) is 9.80 Å². The number of carbonyl (C=O) groups excluding carboxylic acids is 5. The van der Waals surface area contributed by atoms with Gasteiger partial charge in [-0.05, 0) is 65.5 Å². The van der Waals surface area contributed by atoms with Gasteiger partial charge in [0.1, 0.15) is 12.3 Å². The highest BCUT2D eigenvalue weighted by atomic mass is 35.5. The molecule has 5 amide bonds. The van der Waals surface area contributed by atoms with Crippen molar-refractivity contribution in [1.29, 1.82) is 0 Å². The molecule has 1 saturated heterocycles. The van der Waals surface area contributed by atoms with Crippen LogP contribution in [0.15, 0.2) is 72.8 Å². The topological polar surface area (TPSA) is 125 Å². The van der Waals surface area contributed by atoms with Crippen molar-refractivity contribution in [3.63, 3.8) is 0 Å². The fourth-order valence-corrected chi connectivity index (χ4v) is 6.54. The van der Waals surface area contributed by atoms with Crippen LogP contribution in [0.3, 0.4) is 0 Å². The third-order valence-electron chi connectivity index (χ3n) is 10.4. The Kier molecular flexibility index (Phi) is 13.0. The maximum atomic E-state index is 14.0. The summed E-state index contributed by atoms with van der Waals surface area (Å²) in [5, 5.41) is 5.50. The first-order valence-electron chi connectivity index (χ1n) is 18.6. The zero-order valence-electron chi connectivity index (χ0n) is 33.1. The Hall–Kier alpha value is -4.70. The van der Waals surface area contributed by atoms with Crippen molar-refractivity contribution in [2.75, 3.05) is 23.8 Å². The number of nitrogens with one attached hydrogen (secondary N) is 2. The number of halogens is 1. The number of urea groups is 1. The number of alkyl halides is 1. The molecule has 1 unspecified atom stereocenters. The van der Waals surface area contributed by atoms with Gasteiger partial charge in [-0.15, -0.1) is 0 Å². The van der Waals surface area contributed by atoms with E-state index in [1.807, 2.05) is 12.1 Å². The molecule has 0 aliphatic carbocycles. The normalized spacial score (nSPS) is 14.9. The first-order chi connectivity index (χ1) is 25.2. The summed E-state index contributed by atoms with van der Waals surface area (Å²) in [4.78, 5) is 66.7. The van der Waals surface area contributed by atoms with Gasteiger partial charge >= 0.3 is 6.03 Å². The number of benzene rings is 3. The average Bonchev–Trinajstić information content (AvgIpc) is 3.41. The van der Waals surface area contributed by atoms with Crippen LogP contribution in [0.4, 0.5) is 16.2 Å². The molecule has 0 radical (unpaired) electrons. The third-order valence-corrected chi connectivity index (χ3v) is 10.9. The Bertz CT molecular complexity index is 1870. The van der Waals surface area contributed by atoms with Gasteiger partial charge in [-0.3, -0.25) is 29.0 Å². The second-order valence-electron chi connectivity index (χ2n) is 16.3. The molecule has 1 heterocycles. The van der Waals surface area contributed by atoms with Gasteiger partial charge < -0.3 is 15.4 Å². The molecule has 0 spiro atoms. The van der Waals surface area contributed by atoms with Crippen LogP contribution in [0.5, 0.6) is 5.75 Å². The van der Waals surface area contributed by atoms with Gasteiger partial charge in [0, 0.05) is 28.8 Å². The Balaban J connectivity index is 1.42. The van der Waals surface area contributed by atoms with Crippen LogP contribution < -0.4 is 15.4 Å². The van der Waals surface area contributed by atoms with E-state index >= 15 is 0 Å². The molecule has 2 N–H and O–H groups in total. The summed E-state index contributed by atoms with van der Waals surface area (Å²) in [7, 11) is 0. The fraction of sp³-hybridized carbons (Fsp3) is 0.465. The van der Waals surface area contributed by atoms with Crippen molar-refractivity contribution in [3.05, 3.63) is 89.5 Å². The highest BCUT2D eigenvalue weighted by Gasteiger charge is 2.59. The predicted octanol–water partition coefficient (Wildman–Crippen LogP) is 8.81. The average molecular weight is 759 g/mol. The number of rotatable bonds is 16. The van der Waals surface area contributed by atoms with Crippen LogP contribution in [0, 0.1) is 5.41 Å². The van der Waals surface area contributed by atoms with Crippen LogP contribution in [-0.2, 0) is 36.6 Å². The molecule has 1 atom stereocenters. The zero-order valence-corrected chi connectivity index (χ0v) is 33.9. The van der Waals surface area contributed by atoms with Crippen molar-refractivity contribution < 1.29 is 28.7 Å². The minimum absolute atomic E-state index is 0.0378. The minimum Gasteiger partial charge on any atom is -0.493 e. The lowest BCUT2D eigenvalue weighted by Crippen LogP contribution is -2.62. The van der Waals surface area contributed by atoms with E-state index in [1.165, 1.54) is 11.6 Å². The Morgan fingerprint density at radius 2 is 1.43 bits per heavy atom. The second-order valence-corrected chi connectivity index (χ2v) is 16.8. The van der Waals surface area contributed by atoms with Crippen LogP contribution in [0.2, 0.25) is 0 Å². The minimum atomic E-state index is -2.53. The molecular formula is C43H55ClN4O6. The van der Waals surface area contributed by atoms with Gasteiger partial charge in [0.2, 0.25) is 5.91 Å². The summed E-state index contributed by atoms with van der Waals surface area (Å²) in [6.45, 7) is 17.8. The Labute approximate surface area is 325 Å². The largest absolute Gasteiger partial charge is 0.493 e. The third kappa shape index (κ3) is 9.50. The number of hydrogen-bond donors (Lipinski definition) is 2. The van der Waals surface area contributed by atoms with E-state index in [2.05, 4.69) is 64.3 Å². The van der Waals surface area contributed by atoms with Crippen molar-refractivity contribution >= 4 is 52.5 Å². The quantitative estimate of drug-likeness (QED) is 0.0495. The SMILES string of the molecule is CCC(C)(C)c1ccc(OCCCC(=O)Nc2cccc(NC(=O)C(Cl)(C(=O)C(C)(C)C)N3CC(=O)N(Cc4ccccc4)C3=O)c2)c(C(C)(C)CC)c1. The van der Waals surface area contributed by atoms with Crippen molar-refractivity contribution in [2.24, 2.45) is 5.41 Å². The van der Waals surface area contributed by atoms with E-state index in [0.717, 1.165) is 34.0 Å². The molecule has 54 heavy (non-hydrogen) atoms. The van der Waals surface area contributed by atoms with Gasteiger partial charge in [-0.25, -0.2) is 4.79 Å². The fourth-order valence-electron chi connectivity index (χ4n) is 6.08. The number of nitrogens with zero attached hydrogens (tertiary/aromatic N) is 2. The number of Topliss-reactive ketones (excluding diaryl/α,β-unsaturated/α-hetero) is 1. The standard InChI is InChI=1S/C43H55ClN4O6/c1-10-41(6,7)30-22-23-34(33(25-30)42(8,9)11-2)54-24-16-21-35(49)45-31-19-15-20-32(26-31)46-38(52)43(44,37(51)40(3,4)5)48-28-36(50)47(39(48)53)27-29-17-13-12-14-18-29/h12-15,17-20,22-23,25-26H,10-11,16,21,24,27-28H2,1-9H3,(H,45,49)(H,46,52). The molecule has 0 saturated carbocycles. The van der Waals surface area contributed by atoms with E-state index < -0.39 is 40.6 Å². The van der Waals surface area contributed by atoms with Crippen LogP contribution in [0.1, 0.15) is 105 Å². The monoisotopic (exact) mass is 758 g/mol. The van der Waals surface area contributed by atoms with Crippen LogP contribution >= 0.6 is 11.6 Å². The number of amides is 5.